The lowest BCUT2D eigenvalue weighted by molar-refractivity contribution is -0.0780. The zero-order valence-electron chi connectivity index (χ0n) is 19.5. The number of benzene rings is 2. The van der Waals surface area contributed by atoms with Crippen LogP contribution in [0.2, 0.25) is 0 Å². The monoisotopic (exact) mass is 416 g/mol. The van der Waals surface area contributed by atoms with Gasteiger partial charge in [0.1, 0.15) is 5.75 Å². The van der Waals surface area contributed by atoms with Crippen LogP contribution in [0.4, 0.5) is 0 Å². The fraction of sp³-hybridized carbons (Fsp3) is 0.448. The summed E-state index contributed by atoms with van der Waals surface area (Å²) in [6.45, 7) is 9.24. The molecule has 164 valence electrons. The zero-order chi connectivity index (χ0) is 22.0. The Balaban J connectivity index is 1.56. The minimum atomic E-state index is -0.324. The molecule has 5 atom stereocenters. The van der Waals surface area contributed by atoms with Crippen molar-refractivity contribution in [3.05, 3.63) is 89.5 Å². The van der Waals surface area contributed by atoms with Crippen molar-refractivity contribution in [1.82, 2.24) is 0 Å². The molecule has 0 aromatic heterocycles. The molecule has 0 fully saturated rings. The third-order valence-corrected chi connectivity index (χ3v) is 6.92. The first-order valence-corrected chi connectivity index (χ1v) is 11.7. The predicted octanol–water partition coefficient (Wildman–Crippen LogP) is 7.45. The van der Waals surface area contributed by atoms with E-state index < -0.39 is 0 Å². The fourth-order valence-electron chi connectivity index (χ4n) is 5.43. The third kappa shape index (κ3) is 4.50. The highest BCUT2D eigenvalue weighted by molar-refractivity contribution is 5.47. The average molecular weight is 417 g/mol. The number of hydrogen-bond acceptors (Lipinski definition) is 2. The average Bonchev–Trinajstić information content (AvgIpc) is 3.11. The summed E-state index contributed by atoms with van der Waals surface area (Å²) in [7, 11) is 1.76. The van der Waals surface area contributed by atoms with Gasteiger partial charge in [0, 0.05) is 18.9 Å². The SMILES string of the molecule is COC(Oc1ccc(C(CC(C)C)C(C)C)cc1)C1c2ccccc2C2C=CC=CC21. The van der Waals surface area contributed by atoms with E-state index in [1.165, 1.54) is 23.1 Å². The Morgan fingerprint density at radius 2 is 1.52 bits per heavy atom. The summed E-state index contributed by atoms with van der Waals surface area (Å²) in [5, 5.41) is 0. The number of allylic oxidation sites excluding steroid dienone is 4. The third-order valence-electron chi connectivity index (χ3n) is 6.92. The van der Waals surface area contributed by atoms with E-state index in [4.69, 9.17) is 9.47 Å². The van der Waals surface area contributed by atoms with Gasteiger partial charge in [0.05, 0.1) is 5.92 Å². The molecule has 5 unspecified atom stereocenters. The second-order valence-corrected chi connectivity index (χ2v) is 9.80. The summed E-state index contributed by atoms with van der Waals surface area (Å²) in [6.07, 6.45) is 9.82. The van der Waals surface area contributed by atoms with Crippen molar-refractivity contribution in [1.29, 1.82) is 0 Å². The van der Waals surface area contributed by atoms with Gasteiger partial charge in [0.25, 0.3) is 0 Å². The molecule has 0 saturated heterocycles. The minimum absolute atomic E-state index is 0.177. The van der Waals surface area contributed by atoms with Crippen LogP contribution in [-0.4, -0.2) is 13.4 Å². The first kappa shape index (κ1) is 21.9. The summed E-state index contributed by atoms with van der Waals surface area (Å²) in [6, 6.07) is 17.5. The maximum atomic E-state index is 6.45. The molecule has 2 aliphatic rings. The van der Waals surface area contributed by atoms with Crippen LogP contribution >= 0.6 is 0 Å². The topological polar surface area (TPSA) is 18.5 Å². The van der Waals surface area contributed by atoms with Crippen LogP contribution in [0.5, 0.6) is 5.75 Å². The molecule has 2 nitrogen and oxygen atoms in total. The van der Waals surface area contributed by atoms with E-state index in [0.29, 0.717) is 29.6 Å². The number of ether oxygens (including phenoxy) is 2. The van der Waals surface area contributed by atoms with Crippen molar-refractivity contribution in [2.75, 3.05) is 7.11 Å². The van der Waals surface area contributed by atoms with Gasteiger partial charge in [-0.05, 0) is 53.0 Å². The van der Waals surface area contributed by atoms with Crippen molar-refractivity contribution in [3.8, 4) is 5.75 Å². The highest BCUT2D eigenvalue weighted by Gasteiger charge is 2.43. The van der Waals surface area contributed by atoms with Crippen molar-refractivity contribution >= 4 is 0 Å². The molecule has 0 amide bonds. The predicted molar refractivity (Wildman–Crippen MR) is 129 cm³/mol. The Morgan fingerprint density at radius 3 is 2.16 bits per heavy atom. The molecule has 2 heteroatoms. The standard InChI is InChI=1S/C29H36O2/c1-19(2)18-27(20(3)4)21-14-16-22(17-15-21)31-29(30-5)28-25-12-8-6-10-23(25)24-11-7-9-13-26(24)28/h6-17,19-20,23,25,27-29H,18H2,1-5H3. The van der Waals surface area contributed by atoms with Gasteiger partial charge in [-0.15, -0.1) is 0 Å². The van der Waals surface area contributed by atoms with Gasteiger partial charge in [-0.1, -0.05) is 88.4 Å². The summed E-state index contributed by atoms with van der Waals surface area (Å²) >= 11 is 0. The van der Waals surface area contributed by atoms with Gasteiger partial charge in [-0.3, -0.25) is 0 Å². The van der Waals surface area contributed by atoms with Crippen molar-refractivity contribution in [2.45, 2.75) is 58.2 Å². The van der Waals surface area contributed by atoms with E-state index in [1.807, 2.05) is 0 Å². The number of rotatable bonds is 8. The van der Waals surface area contributed by atoms with Crippen LogP contribution in [0.15, 0.2) is 72.8 Å². The lowest BCUT2D eigenvalue weighted by Crippen LogP contribution is -2.30. The summed E-state index contributed by atoms with van der Waals surface area (Å²) < 4.78 is 12.4. The van der Waals surface area contributed by atoms with E-state index in [-0.39, 0.29) is 12.2 Å². The molecule has 2 aromatic rings. The smallest absolute Gasteiger partial charge is 0.207 e. The van der Waals surface area contributed by atoms with Crippen LogP contribution in [0.3, 0.4) is 0 Å². The molecule has 0 heterocycles. The van der Waals surface area contributed by atoms with Gasteiger partial charge in [0.15, 0.2) is 0 Å². The van der Waals surface area contributed by atoms with Crippen LogP contribution in [0, 0.1) is 17.8 Å². The van der Waals surface area contributed by atoms with Gasteiger partial charge in [-0.2, -0.15) is 0 Å². The largest absolute Gasteiger partial charge is 0.464 e. The Labute approximate surface area is 188 Å². The molecule has 0 spiro atoms. The molecule has 4 rings (SSSR count). The molecular weight excluding hydrogens is 380 g/mol. The van der Waals surface area contributed by atoms with Crippen molar-refractivity contribution < 1.29 is 9.47 Å². The molecule has 2 aromatic carbocycles. The van der Waals surface area contributed by atoms with E-state index >= 15 is 0 Å². The summed E-state index contributed by atoms with van der Waals surface area (Å²) in [4.78, 5) is 0. The lowest BCUT2D eigenvalue weighted by Gasteiger charge is -2.30. The second kappa shape index (κ2) is 9.44. The maximum absolute atomic E-state index is 6.45. The van der Waals surface area contributed by atoms with Gasteiger partial charge < -0.3 is 9.47 Å². The first-order chi connectivity index (χ1) is 15.0. The molecule has 0 bridgehead atoms. The zero-order valence-corrected chi connectivity index (χ0v) is 19.5. The second-order valence-electron chi connectivity index (χ2n) is 9.80. The molecule has 0 N–H and O–H groups in total. The van der Waals surface area contributed by atoms with E-state index in [0.717, 1.165) is 5.75 Å². The highest BCUT2D eigenvalue weighted by atomic mass is 16.7. The first-order valence-electron chi connectivity index (χ1n) is 11.7. The van der Waals surface area contributed by atoms with E-state index in [9.17, 15) is 0 Å². The summed E-state index contributed by atoms with van der Waals surface area (Å²) in [5.41, 5.74) is 4.14. The van der Waals surface area contributed by atoms with Crippen LogP contribution in [-0.2, 0) is 4.74 Å². The molecule has 0 aliphatic heterocycles. The number of methoxy groups -OCH3 is 1. The van der Waals surface area contributed by atoms with Gasteiger partial charge >= 0.3 is 0 Å². The quantitative estimate of drug-likeness (QED) is 0.416. The fourth-order valence-corrected chi connectivity index (χ4v) is 5.43. The van der Waals surface area contributed by atoms with Crippen LogP contribution < -0.4 is 4.74 Å². The number of fused-ring (bicyclic) bond motifs is 3. The van der Waals surface area contributed by atoms with Crippen molar-refractivity contribution in [2.24, 2.45) is 17.8 Å². The normalized spacial score (nSPS) is 23.6. The van der Waals surface area contributed by atoms with E-state index in [2.05, 4.69) is 101 Å². The Kier molecular flexibility index (Phi) is 6.67. The Hall–Kier alpha value is -2.32. The maximum Gasteiger partial charge on any atom is 0.207 e. The van der Waals surface area contributed by atoms with E-state index in [1.54, 1.807) is 7.11 Å². The molecule has 0 saturated carbocycles. The highest BCUT2D eigenvalue weighted by Crippen LogP contribution is 2.51. The van der Waals surface area contributed by atoms with Gasteiger partial charge in [-0.25, -0.2) is 0 Å². The Morgan fingerprint density at radius 1 is 0.839 bits per heavy atom. The molecule has 31 heavy (non-hydrogen) atoms. The van der Waals surface area contributed by atoms with Gasteiger partial charge in [0.2, 0.25) is 6.29 Å². The van der Waals surface area contributed by atoms with Crippen LogP contribution in [0.1, 0.15) is 68.6 Å². The van der Waals surface area contributed by atoms with Crippen LogP contribution in [0.25, 0.3) is 0 Å². The lowest BCUT2D eigenvalue weighted by atomic mass is 9.82. The molecule has 2 aliphatic carbocycles. The molecule has 0 radical (unpaired) electrons. The minimum Gasteiger partial charge on any atom is -0.464 e. The summed E-state index contributed by atoms with van der Waals surface area (Å²) in [5.74, 6) is 3.71. The Bertz CT molecular complexity index is 922. The number of hydrogen-bond donors (Lipinski definition) is 0. The molecular formula is C29H36O2. The van der Waals surface area contributed by atoms with Crippen molar-refractivity contribution in [3.63, 3.8) is 0 Å².